The number of pyridine rings is 1. The number of thiophene rings is 1. The van der Waals surface area contributed by atoms with Crippen molar-refractivity contribution in [3.8, 4) is 17.7 Å². The van der Waals surface area contributed by atoms with Crippen LogP contribution in [0.15, 0.2) is 30.5 Å². The number of aromatic carboxylic acids is 1. The van der Waals surface area contributed by atoms with E-state index in [9.17, 15) is 14.7 Å². The number of rotatable bonds is 6. The quantitative estimate of drug-likeness (QED) is 0.465. The van der Waals surface area contributed by atoms with Crippen LogP contribution in [0.25, 0.3) is 0 Å². The monoisotopic (exact) mass is 506 g/mol. The van der Waals surface area contributed by atoms with Gasteiger partial charge in [-0.3, -0.25) is 4.79 Å². The van der Waals surface area contributed by atoms with Crippen molar-refractivity contribution >= 4 is 28.9 Å². The van der Waals surface area contributed by atoms with Crippen LogP contribution in [0.2, 0.25) is 0 Å². The SMILES string of the molecule is CC(=O)N(c1cc(C#CC2CC2)sc1C(=O)O)C1(C2CCC(Oc3ccccn3)CC2)CCCCC1. The lowest BCUT2D eigenvalue weighted by molar-refractivity contribution is -0.118. The molecule has 0 saturated heterocycles. The van der Waals surface area contributed by atoms with E-state index in [-0.39, 0.29) is 22.4 Å². The van der Waals surface area contributed by atoms with E-state index in [1.54, 1.807) is 13.1 Å². The molecule has 0 aromatic carbocycles. The normalized spacial score (nSPS) is 23.2. The third-order valence-electron chi connectivity index (χ3n) is 7.96. The van der Waals surface area contributed by atoms with Crippen LogP contribution in [0.5, 0.6) is 5.88 Å². The van der Waals surface area contributed by atoms with Crippen molar-refractivity contribution in [1.29, 1.82) is 0 Å². The number of nitrogens with zero attached hydrogens (tertiary/aromatic N) is 2. The van der Waals surface area contributed by atoms with Crippen LogP contribution in [-0.2, 0) is 4.79 Å². The van der Waals surface area contributed by atoms with Crippen LogP contribution < -0.4 is 9.64 Å². The van der Waals surface area contributed by atoms with Crippen LogP contribution in [-0.4, -0.2) is 33.6 Å². The number of hydrogen-bond acceptors (Lipinski definition) is 5. The number of aromatic nitrogens is 1. The van der Waals surface area contributed by atoms with Crippen molar-refractivity contribution in [3.05, 3.63) is 40.2 Å². The van der Waals surface area contributed by atoms with E-state index in [0.717, 1.165) is 75.5 Å². The van der Waals surface area contributed by atoms with Crippen molar-refractivity contribution in [2.45, 2.75) is 89.2 Å². The summed E-state index contributed by atoms with van der Waals surface area (Å²) in [6.07, 6.45) is 12.9. The first-order valence-electron chi connectivity index (χ1n) is 13.2. The minimum atomic E-state index is -0.987. The molecule has 2 aromatic heterocycles. The second kappa shape index (κ2) is 10.6. The van der Waals surface area contributed by atoms with Gasteiger partial charge in [-0.15, -0.1) is 11.3 Å². The molecule has 2 aromatic rings. The van der Waals surface area contributed by atoms with Crippen LogP contribution in [0.3, 0.4) is 0 Å². The van der Waals surface area contributed by atoms with Crippen molar-refractivity contribution in [3.63, 3.8) is 0 Å². The number of hydrogen-bond donors (Lipinski definition) is 1. The van der Waals surface area contributed by atoms with Gasteiger partial charge in [-0.05, 0) is 69.4 Å². The summed E-state index contributed by atoms with van der Waals surface area (Å²) in [5.41, 5.74) is 0.167. The van der Waals surface area contributed by atoms with Crippen LogP contribution in [0, 0.1) is 23.7 Å². The molecule has 3 fully saturated rings. The van der Waals surface area contributed by atoms with E-state index in [1.807, 2.05) is 29.2 Å². The Kier molecular flexibility index (Phi) is 7.34. The Morgan fingerprint density at radius 1 is 1.11 bits per heavy atom. The number of carbonyl (C=O) groups excluding carboxylic acids is 1. The molecule has 0 atom stereocenters. The van der Waals surface area contributed by atoms with Crippen LogP contribution in [0.1, 0.15) is 92.1 Å². The molecule has 0 radical (unpaired) electrons. The zero-order valence-electron chi connectivity index (χ0n) is 20.9. The van der Waals surface area contributed by atoms with Gasteiger partial charge in [0.2, 0.25) is 11.8 Å². The Balaban J connectivity index is 1.43. The molecule has 0 spiro atoms. The number of carbonyl (C=O) groups is 2. The number of ether oxygens (including phenoxy) is 1. The van der Waals surface area contributed by atoms with Gasteiger partial charge in [0, 0.05) is 25.1 Å². The first-order valence-corrected chi connectivity index (χ1v) is 14.0. The summed E-state index contributed by atoms with van der Waals surface area (Å²) in [5, 5.41) is 10.1. The molecule has 190 valence electrons. The average molecular weight is 507 g/mol. The van der Waals surface area contributed by atoms with E-state index in [1.165, 1.54) is 11.3 Å². The smallest absolute Gasteiger partial charge is 0.348 e. The molecule has 0 aliphatic heterocycles. The summed E-state index contributed by atoms with van der Waals surface area (Å²) in [4.78, 5) is 32.8. The minimum Gasteiger partial charge on any atom is -0.477 e. The fourth-order valence-electron chi connectivity index (χ4n) is 6.17. The molecular formula is C29H34N2O4S. The van der Waals surface area contributed by atoms with E-state index in [0.29, 0.717) is 23.4 Å². The number of amides is 1. The molecule has 36 heavy (non-hydrogen) atoms. The van der Waals surface area contributed by atoms with E-state index < -0.39 is 5.97 Å². The summed E-state index contributed by atoms with van der Waals surface area (Å²) in [6, 6.07) is 7.56. The molecule has 5 rings (SSSR count). The summed E-state index contributed by atoms with van der Waals surface area (Å²) >= 11 is 1.20. The maximum absolute atomic E-state index is 13.3. The third kappa shape index (κ3) is 5.29. The Labute approximate surface area is 217 Å². The molecule has 3 saturated carbocycles. The Morgan fingerprint density at radius 2 is 1.86 bits per heavy atom. The molecule has 3 aliphatic carbocycles. The zero-order chi connectivity index (χ0) is 25.1. The largest absolute Gasteiger partial charge is 0.477 e. The van der Waals surface area contributed by atoms with Crippen LogP contribution >= 0.6 is 11.3 Å². The first-order chi connectivity index (χ1) is 17.5. The van der Waals surface area contributed by atoms with Gasteiger partial charge in [0.05, 0.1) is 16.1 Å². The third-order valence-corrected chi connectivity index (χ3v) is 8.99. The molecule has 6 nitrogen and oxygen atoms in total. The molecule has 1 amide bonds. The van der Waals surface area contributed by atoms with Gasteiger partial charge in [0.25, 0.3) is 0 Å². The predicted molar refractivity (Wildman–Crippen MR) is 140 cm³/mol. The van der Waals surface area contributed by atoms with Crippen molar-refractivity contribution in [2.75, 3.05) is 4.90 Å². The lowest BCUT2D eigenvalue weighted by atomic mass is 9.66. The predicted octanol–water partition coefficient (Wildman–Crippen LogP) is 6.30. The topological polar surface area (TPSA) is 79.7 Å². The summed E-state index contributed by atoms with van der Waals surface area (Å²) in [6.45, 7) is 1.59. The van der Waals surface area contributed by atoms with E-state index >= 15 is 0 Å². The van der Waals surface area contributed by atoms with Crippen molar-refractivity contribution < 1.29 is 19.4 Å². The highest BCUT2D eigenvalue weighted by atomic mass is 32.1. The lowest BCUT2D eigenvalue weighted by Gasteiger charge is -2.52. The maximum atomic E-state index is 13.3. The molecule has 7 heteroatoms. The fourth-order valence-corrected chi connectivity index (χ4v) is 7.01. The highest BCUT2D eigenvalue weighted by molar-refractivity contribution is 7.15. The van der Waals surface area contributed by atoms with E-state index in [4.69, 9.17) is 4.74 Å². The van der Waals surface area contributed by atoms with Crippen molar-refractivity contribution in [1.82, 2.24) is 4.98 Å². The first kappa shape index (κ1) is 24.8. The van der Waals surface area contributed by atoms with Gasteiger partial charge in [-0.1, -0.05) is 37.2 Å². The highest BCUT2D eigenvalue weighted by Crippen LogP contribution is 2.49. The molecule has 3 aliphatic rings. The van der Waals surface area contributed by atoms with Gasteiger partial charge >= 0.3 is 5.97 Å². The lowest BCUT2D eigenvalue weighted by Crippen LogP contribution is -2.58. The zero-order valence-corrected chi connectivity index (χ0v) is 21.7. The second-order valence-corrected chi connectivity index (χ2v) is 11.5. The molecule has 0 unspecified atom stereocenters. The maximum Gasteiger partial charge on any atom is 0.348 e. The summed E-state index contributed by atoms with van der Waals surface area (Å²) < 4.78 is 6.14. The molecular weight excluding hydrogens is 472 g/mol. The number of carboxylic acids is 1. The summed E-state index contributed by atoms with van der Waals surface area (Å²) in [5.74, 6) is 6.75. The number of anilines is 1. The molecule has 1 N–H and O–H groups in total. The number of carboxylic acid groups (broad SMARTS) is 1. The molecule has 0 bridgehead atoms. The summed E-state index contributed by atoms with van der Waals surface area (Å²) in [7, 11) is 0. The Hall–Kier alpha value is -2.85. The minimum absolute atomic E-state index is 0.0780. The second-order valence-electron chi connectivity index (χ2n) is 10.5. The average Bonchev–Trinajstić information content (AvgIpc) is 3.62. The van der Waals surface area contributed by atoms with Crippen LogP contribution in [0.4, 0.5) is 5.69 Å². The highest BCUT2D eigenvalue weighted by Gasteiger charge is 2.48. The molecule has 2 heterocycles. The Morgan fingerprint density at radius 3 is 2.47 bits per heavy atom. The van der Waals surface area contributed by atoms with E-state index in [2.05, 4.69) is 16.8 Å². The van der Waals surface area contributed by atoms with Crippen molar-refractivity contribution in [2.24, 2.45) is 11.8 Å². The Bertz CT molecular complexity index is 1150. The van der Waals surface area contributed by atoms with Gasteiger partial charge in [0.1, 0.15) is 11.0 Å². The van der Waals surface area contributed by atoms with Gasteiger partial charge < -0.3 is 14.7 Å². The van der Waals surface area contributed by atoms with Gasteiger partial charge in [-0.2, -0.15) is 0 Å². The van der Waals surface area contributed by atoms with Gasteiger partial charge in [-0.25, -0.2) is 9.78 Å². The van der Waals surface area contributed by atoms with Gasteiger partial charge in [0.15, 0.2) is 0 Å². The fraction of sp³-hybridized carbons (Fsp3) is 0.552. The standard InChI is InChI=1S/C29H34N2O4S/c1-20(32)31(25-19-24(15-10-21-8-9-21)36-27(25)28(33)34)29(16-4-2-5-17-29)22-11-13-23(14-12-22)35-26-7-3-6-18-30-26/h3,6-7,18-19,21-23H,2,4-5,8-9,11-14,16-17H2,1H3,(H,33,34).